The third-order valence-electron chi connectivity index (χ3n) is 2.62. The lowest BCUT2D eigenvalue weighted by molar-refractivity contribution is -0.131. The normalized spacial score (nSPS) is 12.2. The molecule has 0 radical (unpaired) electrons. The minimum absolute atomic E-state index is 0.00296. The molecule has 1 amide bonds. The lowest BCUT2D eigenvalue weighted by atomic mass is 10.1. The molecule has 1 unspecified atom stereocenters. The molecule has 0 aliphatic heterocycles. The largest absolute Gasteiger partial charge is 0.347 e. The molecule has 0 aliphatic carbocycles. The quantitative estimate of drug-likeness (QED) is 0.873. The first-order valence-electron chi connectivity index (χ1n) is 5.55. The number of benzene rings is 1. The van der Waals surface area contributed by atoms with Gasteiger partial charge >= 0.3 is 0 Å². The van der Waals surface area contributed by atoms with Crippen LogP contribution in [0.25, 0.3) is 0 Å². The number of hydrogen-bond acceptors (Lipinski definition) is 2. The maximum atomic E-state index is 12.3. The Balaban J connectivity index is 2.44. The molecular formula is C13H14BrN3O. The van der Waals surface area contributed by atoms with Crippen LogP contribution in [0, 0.1) is 0 Å². The summed E-state index contributed by atoms with van der Waals surface area (Å²) in [5, 5.41) is 4.22. The van der Waals surface area contributed by atoms with Crippen LogP contribution in [0.3, 0.4) is 0 Å². The summed E-state index contributed by atoms with van der Waals surface area (Å²) < 4.78 is 2.52. The van der Waals surface area contributed by atoms with E-state index >= 15 is 0 Å². The van der Waals surface area contributed by atoms with Gasteiger partial charge in [-0.2, -0.15) is 5.10 Å². The van der Waals surface area contributed by atoms with Crippen molar-refractivity contribution in [1.29, 1.82) is 0 Å². The fourth-order valence-electron chi connectivity index (χ4n) is 1.74. The van der Waals surface area contributed by atoms with Crippen LogP contribution in [0.5, 0.6) is 0 Å². The number of amides is 1. The van der Waals surface area contributed by atoms with Gasteiger partial charge in [-0.25, -0.2) is 0 Å². The van der Waals surface area contributed by atoms with Gasteiger partial charge in [-0.3, -0.25) is 9.48 Å². The summed E-state index contributed by atoms with van der Waals surface area (Å²) in [6.45, 7) is 0. The minimum Gasteiger partial charge on any atom is -0.347 e. The Labute approximate surface area is 114 Å². The Morgan fingerprint density at radius 1 is 1.33 bits per heavy atom. The van der Waals surface area contributed by atoms with Crippen molar-refractivity contribution >= 4 is 21.8 Å². The Bertz CT molecular complexity index is 536. The van der Waals surface area contributed by atoms with Crippen LogP contribution in [0.4, 0.5) is 0 Å². The first kappa shape index (κ1) is 12.8. The fraction of sp³-hybridized carbons (Fsp3) is 0.231. The van der Waals surface area contributed by atoms with Crippen molar-refractivity contribution in [3.63, 3.8) is 0 Å². The molecule has 0 fully saturated rings. The van der Waals surface area contributed by atoms with E-state index in [9.17, 15) is 4.79 Å². The summed E-state index contributed by atoms with van der Waals surface area (Å²) in [6.07, 6.45) is 3.48. The van der Waals surface area contributed by atoms with Gasteiger partial charge in [0, 0.05) is 20.3 Å². The molecule has 1 atom stereocenters. The summed E-state index contributed by atoms with van der Waals surface area (Å²) in [4.78, 5) is 13.9. The Kier molecular flexibility index (Phi) is 3.81. The fourth-order valence-corrected chi connectivity index (χ4v) is 2.05. The van der Waals surface area contributed by atoms with Crippen molar-refractivity contribution in [2.24, 2.45) is 0 Å². The Morgan fingerprint density at radius 2 is 2.00 bits per heavy atom. The molecule has 0 bridgehead atoms. The zero-order valence-electron chi connectivity index (χ0n) is 10.2. The average molecular weight is 308 g/mol. The number of aromatic nitrogens is 2. The van der Waals surface area contributed by atoms with Crippen molar-refractivity contribution in [3.8, 4) is 0 Å². The second-order valence-corrected chi connectivity index (χ2v) is 5.10. The van der Waals surface area contributed by atoms with E-state index in [0.717, 1.165) is 10.0 Å². The van der Waals surface area contributed by atoms with E-state index in [0.29, 0.717) is 0 Å². The monoisotopic (exact) mass is 307 g/mol. The Morgan fingerprint density at radius 3 is 2.50 bits per heavy atom. The van der Waals surface area contributed by atoms with Crippen molar-refractivity contribution in [1.82, 2.24) is 14.7 Å². The van der Waals surface area contributed by atoms with E-state index in [2.05, 4.69) is 21.0 Å². The number of hydrogen-bond donors (Lipinski definition) is 0. The maximum Gasteiger partial charge on any atom is 0.251 e. The van der Waals surface area contributed by atoms with Gasteiger partial charge in [0.25, 0.3) is 5.91 Å². The van der Waals surface area contributed by atoms with Crippen LogP contribution < -0.4 is 0 Å². The van der Waals surface area contributed by atoms with Gasteiger partial charge in [0.05, 0.1) is 10.7 Å². The highest BCUT2D eigenvalue weighted by Gasteiger charge is 2.24. The van der Waals surface area contributed by atoms with Gasteiger partial charge in [0.15, 0.2) is 6.04 Å². The van der Waals surface area contributed by atoms with Crippen LogP contribution >= 0.6 is 15.9 Å². The minimum atomic E-state index is -0.424. The number of nitrogens with zero attached hydrogens (tertiary/aromatic N) is 3. The highest BCUT2D eigenvalue weighted by Crippen LogP contribution is 2.21. The molecule has 2 aromatic rings. The molecule has 1 aromatic heterocycles. The third kappa shape index (κ3) is 2.61. The zero-order chi connectivity index (χ0) is 13.1. The highest BCUT2D eigenvalue weighted by atomic mass is 79.9. The van der Waals surface area contributed by atoms with Gasteiger partial charge < -0.3 is 4.90 Å². The number of likely N-dealkylation sites (N-methyl/N-ethyl adjacent to an activating group) is 1. The summed E-state index contributed by atoms with van der Waals surface area (Å²) in [5.41, 5.74) is 0.923. The maximum absolute atomic E-state index is 12.3. The van der Waals surface area contributed by atoms with E-state index in [1.807, 2.05) is 30.3 Å². The molecule has 0 aliphatic rings. The van der Waals surface area contributed by atoms with Gasteiger partial charge in [-0.05, 0) is 21.5 Å². The van der Waals surface area contributed by atoms with Gasteiger partial charge in [-0.1, -0.05) is 30.3 Å². The first-order valence-corrected chi connectivity index (χ1v) is 6.34. The molecule has 0 spiro atoms. The smallest absolute Gasteiger partial charge is 0.251 e. The summed E-state index contributed by atoms with van der Waals surface area (Å²) in [7, 11) is 3.49. The van der Waals surface area contributed by atoms with Crippen LogP contribution in [-0.4, -0.2) is 34.7 Å². The van der Waals surface area contributed by atoms with Crippen molar-refractivity contribution < 1.29 is 4.79 Å². The second-order valence-electron chi connectivity index (χ2n) is 4.18. The molecule has 2 rings (SSSR count). The molecule has 5 heteroatoms. The van der Waals surface area contributed by atoms with Crippen LogP contribution in [0.2, 0.25) is 0 Å². The van der Waals surface area contributed by atoms with Crippen molar-refractivity contribution in [2.45, 2.75) is 6.04 Å². The van der Waals surface area contributed by atoms with Crippen molar-refractivity contribution in [3.05, 3.63) is 52.8 Å². The van der Waals surface area contributed by atoms with E-state index in [4.69, 9.17) is 0 Å². The lowest BCUT2D eigenvalue weighted by Crippen LogP contribution is -2.32. The second kappa shape index (κ2) is 5.35. The SMILES string of the molecule is CN(C)C(=O)C(c1ccccc1)n1cc(Br)cn1. The molecule has 0 saturated heterocycles. The average Bonchev–Trinajstić information content (AvgIpc) is 2.77. The molecular weight excluding hydrogens is 294 g/mol. The number of carbonyl (C=O) groups is 1. The number of halogens is 1. The highest BCUT2D eigenvalue weighted by molar-refractivity contribution is 9.10. The van der Waals surface area contributed by atoms with Gasteiger partial charge in [0.2, 0.25) is 0 Å². The molecule has 18 heavy (non-hydrogen) atoms. The molecule has 1 heterocycles. The molecule has 0 saturated carbocycles. The van der Waals surface area contributed by atoms with Gasteiger partial charge in [0.1, 0.15) is 0 Å². The van der Waals surface area contributed by atoms with Crippen molar-refractivity contribution in [2.75, 3.05) is 14.1 Å². The molecule has 94 valence electrons. The zero-order valence-corrected chi connectivity index (χ0v) is 11.8. The predicted octanol–water partition coefficient (Wildman–Crippen LogP) is 2.32. The van der Waals surface area contributed by atoms with Crippen LogP contribution in [0.1, 0.15) is 11.6 Å². The van der Waals surface area contributed by atoms with E-state index < -0.39 is 6.04 Å². The van der Waals surface area contributed by atoms with E-state index in [1.165, 1.54) is 0 Å². The topological polar surface area (TPSA) is 38.1 Å². The third-order valence-corrected chi connectivity index (χ3v) is 3.03. The first-order chi connectivity index (χ1) is 8.59. The van der Waals surface area contributed by atoms with E-state index in [1.54, 1.807) is 36.1 Å². The van der Waals surface area contributed by atoms with Crippen LogP contribution in [0.15, 0.2) is 47.2 Å². The summed E-state index contributed by atoms with van der Waals surface area (Å²) >= 11 is 3.35. The lowest BCUT2D eigenvalue weighted by Gasteiger charge is -2.21. The molecule has 4 nitrogen and oxygen atoms in total. The molecule has 1 aromatic carbocycles. The summed E-state index contributed by atoms with van der Waals surface area (Å²) in [6, 6.07) is 9.21. The van der Waals surface area contributed by atoms with Crippen LogP contribution in [-0.2, 0) is 4.79 Å². The number of carbonyl (C=O) groups excluding carboxylic acids is 1. The van der Waals surface area contributed by atoms with Gasteiger partial charge in [-0.15, -0.1) is 0 Å². The molecule has 0 N–H and O–H groups in total. The standard InChI is InChI=1S/C13H14BrN3O/c1-16(2)13(18)12(10-6-4-3-5-7-10)17-9-11(14)8-15-17/h3-9,12H,1-2H3. The summed E-state index contributed by atoms with van der Waals surface area (Å²) in [5.74, 6) is -0.00296. The van der Waals surface area contributed by atoms with E-state index in [-0.39, 0.29) is 5.91 Å². The Hall–Kier alpha value is -1.62. The number of rotatable bonds is 3. The predicted molar refractivity (Wildman–Crippen MR) is 73.2 cm³/mol.